The van der Waals surface area contributed by atoms with E-state index in [-0.39, 0.29) is 57.9 Å². The van der Waals surface area contributed by atoms with Crippen LogP contribution in [-0.2, 0) is 6.54 Å². The van der Waals surface area contributed by atoms with Gasteiger partial charge in [-0.05, 0) is 36.4 Å². The molecule has 47 heavy (non-hydrogen) atoms. The Morgan fingerprint density at radius 2 is 1.57 bits per heavy atom. The van der Waals surface area contributed by atoms with Crippen molar-refractivity contribution >= 4 is 39.7 Å². The molecule has 3 aromatic heterocycles. The van der Waals surface area contributed by atoms with Crippen LogP contribution in [-0.4, -0.2) is 24.7 Å². The second-order valence-electron chi connectivity index (χ2n) is 9.82. The van der Waals surface area contributed by atoms with E-state index in [1.807, 2.05) is 18.2 Å². The van der Waals surface area contributed by atoms with Gasteiger partial charge in [0.25, 0.3) is 0 Å². The molecule has 0 saturated carbocycles. The number of nitrogens with two attached hydrogens (primary N) is 2. The first kappa shape index (κ1) is 30.1. The number of pyridine rings is 1. The molecule has 0 saturated heterocycles. The van der Waals surface area contributed by atoms with Crippen LogP contribution < -0.4 is 16.8 Å². The molecule has 230 valence electrons. The fourth-order valence-electron chi connectivity index (χ4n) is 4.39. The quantitative estimate of drug-likeness (QED) is 0.112. The number of nitriles is 1. The summed E-state index contributed by atoms with van der Waals surface area (Å²) in [5.41, 5.74) is 14.1. The van der Waals surface area contributed by atoms with Gasteiger partial charge >= 0.3 is 0 Å². The molecule has 6 rings (SSSR count). The summed E-state index contributed by atoms with van der Waals surface area (Å²) in [6.07, 6.45) is 1.03. The number of aromatic nitrogens is 5. The average molecular weight is 628 g/mol. The molecular weight excluding hydrogens is 604 g/mol. The minimum Gasteiger partial charge on any atom is -0.383 e. The smallest absolute Gasteiger partial charge is 0.203 e. The van der Waals surface area contributed by atoms with Crippen molar-refractivity contribution < 1.29 is 8.78 Å². The number of anilines is 2. The van der Waals surface area contributed by atoms with E-state index in [0.717, 1.165) is 6.20 Å². The maximum Gasteiger partial charge on any atom is 0.203 e. The SMILES string of the molecule is N#C/C(N=Nc1ccccc1)=C(\N)Nc1nc(-c2nn(Cc3ccccc3F)c3ncc(F)cc23)nc(N)c1N=Nc1ccccc1. The van der Waals surface area contributed by atoms with Crippen molar-refractivity contribution in [3.8, 4) is 17.6 Å². The third-order valence-corrected chi connectivity index (χ3v) is 6.61. The molecule has 0 amide bonds. The number of nitrogen functional groups attached to an aromatic ring is 1. The number of rotatable bonds is 9. The van der Waals surface area contributed by atoms with Gasteiger partial charge in [0.15, 0.2) is 28.8 Å². The zero-order valence-electron chi connectivity index (χ0n) is 24.3. The minimum atomic E-state index is -0.640. The van der Waals surface area contributed by atoms with Crippen molar-refractivity contribution in [3.63, 3.8) is 0 Å². The van der Waals surface area contributed by atoms with Crippen LogP contribution in [0.25, 0.3) is 22.6 Å². The number of fused-ring (bicyclic) bond motifs is 1. The Labute approximate surface area is 265 Å². The normalized spacial score (nSPS) is 12.0. The molecule has 0 spiro atoms. The topological polar surface area (TPSA) is 194 Å². The highest BCUT2D eigenvalue weighted by Crippen LogP contribution is 2.35. The number of benzene rings is 3. The second kappa shape index (κ2) is 13.4. The third-order valence-electron chi connectivity index (χ3n) is 6.61. The molecule has 0 aliphatic rings. The van der Waals surface area contributed by atoms with Gasteiger partial charge in [-0.3, -0.25) is 0 Å². The number of hydrogen-bond acceptors (Lipinski definition) is 12. The molecule has 0 bridgehead atoms. The van der Waals surface area contributed by atoms with Crippen LogP contribution in [0.1, 0.15) is 5.56 Å². The lowest BCUT2D eigenvalue weighted by molar-refractivity contribution is 0.588. The first-order chi connectivity index (χ1) is 22.9. The molecule has 0 aliphatic heterocycles. The summed E-state index contributed by atoms with van der Waals surface area (Å²) in [7, 11) is 0. The zero-order chi connectivity index (χ0) is 32.8. The van der Waals surface area contributed by atoms with Crippen LogP contribution in [0.5, 0.6) is 0 Å². The molecule has 3 heterocycles. The van der Waals surface area contributed by atoms with E-state index in [9.17, 15) is 14.0 Å². The highest BCUT2D eigenvalue weighted by molar-refractivity contribution is 5.90. The van der Waals surface area contributed by atoms with Crippen molar-refractivity contribution in [1.82, 2.24) is 24.7 Å². The van der Waals surface area contributed by atoms with E-state index in [1.165, 1.54) is 16.8 Å². The van der Waals surface area contributed by atoms with E-state index in [1.54, 1.807) is 66.7 Å². The Balaban J connectivity index is 1.47. The van der Waals surface area contributed by atoms with Gasteiger partial charge in [0.2, 0.25) is 5.70 Å². The summed E-state index contributed by atoms with van der Waals surface area (Å²) < 4.78 is 30.4. The van der Waals surface area contributed by atoms with Gasteiger partial charge in [-0.15, -0.1) is 15.3 Å². The molecule has 0 radical (unpaired) electrons. The largest absolute Gasteiger partial charge is 0.383 e. The molecule has 0 unspecified atom stereocenters. The molecule has 6 aromatic rings. The Kier molecular flexibility index (Phi) is 8.55. The van der Waals surface area contributed by atoms with E-state index >= 15 is 0 Å². The highest BCUT2D eigenvalue weighted by Gasteiger charge is 2.22. The predicted octanol–water partition coefficient (Wildman–Crippen LogP) is 7.06. The van der Waals surface area contributed by atoms with Crippen LogP contribution in [0, 0.1) is 23.0 Å². The Hall–Kier alpha value is -6.95. The van der Waals surface area contributed by atoms with E-state index in [0.29, 0.717) is 16.9 Å². The molecular formula is C32H23F2N13. The fourth-order valence-corrected chi connectivity index (χ4v) is 4.39. The maximum absolute atomic E-state index is 14.5. The van der Waals surface area contributed by atoms with Crippen molar-refractivity contribution in [2.24, 2.45) is 26.2 Å². The average Bonchev–Trinajstić information content (AvgIpc) is 3.43. The summed E-state index contributed by atoms with van der Waals surface area (Å²) in [6, 6.07) is 26.9. The van der Waals surface area contributed by atoms with E-state index in [4.69, 9.17) is 11.5 Å². The lowest BCUT2D eigenvalue weighted by atomic mass is 10.2. The van der Waals surface area contributed by atoms with Crippen molar-refractivity contribution in [1.29, 1.82) is 5.26 Å². The van der Waals surface area contributed by atoms with Crippen molar-refractivity contribution in [3.05, 3.63) is 126 Å². The Morgan fingerprint density at radius 3 is 2.28 bits per heavy atom. The molecule has 3 aromatic carbocycles. The van der Waals surface area contributed by atoms with Crippen LogP contribution in [0.4, 0.5) is 37.5 Å². The van der Waals surface area contributed by atoms with Gasteiger partial charge in [-0.25, -0.2) is 28.4 Å². The number of halogens is 2. The Bertz CT molecular complexity index is 2210. The van der Waals surface area contributed by atoms with Gasteiger partial charge in [-0.1, -0.05) is 54.6 Å². The standard InChI is InChI=1S/C32H23F2N13/c33-20-15-23-26(46-47(32(23)38-17-20)18-19-9-7-8-14-24(19)34)30-40-29(37)27(45-43-22-12-5-2-6-13-22)31(41-30)39-28(36)25(16-35)44-42-21-10-3-1-4-11-21/h1-15,17H,18,36H2,(H3,37,39,40,41)/b28-25-,44-42?,45-43?. The Morgan fingerprint density at radius 1 is 0.894 bits per heavy atom. The highest BCUT2D eigenvalue weighted by atomic mass is 19.1. The predicted molar refractivity (Wildman–Crippen MR) is 170 cm³/mol. The monoisotopic (exact) mass is 627 g/mol. The minimum absolute atomic E-state index is 0.0145. The lowest BCUT2D eigenvalue weighted by Gasteiger charge is -2.11. The first-order valence-electron chi connectivity index (χ1n) is 13.9. The molecule has 5 N–H and O–H groups in total. The van der Waals surface area contributed by atoms with E-state index in [2.05, 4.69) is 45.8 Å². The summed E-state index contributed by atoms with van der Waals surface area (Å²) in [6.45, 7) is -0.0145. The summed E-state index contributed by atoms with van der Waals surface area (Å²) in [4.78, 5) is 13.1. The molecule has 15 heteroatoms. The first-order valence-corrected chi connectivity index (χ1v) is 13.9. The van der Waals surface area contributed by atoms with Crippen molar-refractivity contribution in [2.75, 3.05) is 11.1 Å². The van der Waals surface area contributed by atoms with Crippen LogP contribution in [0.15, 0.2) is 129 Å². The van der Waals surface area contributed by atoms with E-state index < -0.39 is 11.6 Å². The van der Waals surface area contributed by atoms with Gasteiger partial charge in [0.1, 0.15) is 29.2 Å². The molecule has 0 fully saturated rings. The molecule has 0 aliphatic carbocycles. The molecule has 13 nitrogen and oxygen atoms in total. The van der Waals surface area contributed by atoms with Gasteiger partial charge < -0.3 is 16.8 Å². The second-order valence-corrected chi connectivity index (χ2v) is 9.82. The number of azo groups is 2. The number of allylic oxidation sites excluding steroid dienone is 1. The number of hydrogen-bond donors (Lipinski definition) is 3. The van der Waals surface area contributed by atoms with Gasteiger partial charge in [-0.2, -0.15) is 15.5 Å². The maximum atomic E-state index is 14.5. The fraction of sp³-hybridized carbons (Fsp3) is 0.0312. The summed E-state index contributed by atoms with van der Waals surface area (Å²) >= 11 is 0. The number of nitrogens with zero attached hydrogens (tertiary/aromatic N) is 10. The third kappa shape index (κ3) is 6.76. The molecule has 0 atom stereocenters. The summed E-state index contributed by atoms with van der Waals surface area (Å²) in [5, 5.41) is 33.9. The van der Waals surface area contributed by atoms with Crippen LogP contribution in [0.3, 0.4) is 0 Å². The number of nitrogens with one attached hydrogen (secondary N) is 1. The van der Waals surface area contributed by atoms with Gasteiger partial charge in [0.05, 0.1) is 29.5 Å². The lowest BCUT2D eigenvalue weighted by Crippen LogP contribution is -2.14. The van der Waals surface area contributed by atoms with Crippen LogP contribution in [0.2, 0.25) is 0 Å². The van der Waals surface area contributed by atoms with Crippen molar-refractivity contribution in [2.45, 2.75) is 6.54 Å². The van der Waals surface area contributed by atoms with Gasteiger partial charge in [0, 0.05) is 5.56 Å². The summed E-state index contributed by atoms with van der Waals surface area (Å²) in [5.74, 6) is -1.58. The zero-order valence-corrected chi connectivity index (χ0v) is 24.3. The van der Waals surface area contributed by atoms with Crippen LogP contribution >= 0.6 is 0 Å².